The monoisotopic (exact) mass is 404 g/mol. The largest absolute Gasteiger partial charge is 0.508 e. The predicted octanol–water partition coefficient (Wildman–Crippen LogP) is 3.49. The highest BCUT2D eigenvalue weighted by molar-refractivity contribution is 9.13. The summed E-state index contributed by atoms with van der Waals surface area (Å²) in [5, 5.41) is 12.4. The fourth-order valence-corrected chi connectivity index (χ4v) is 3.42. The fraction of sp³-hybridized carbons (Fsp3) is 0.0833. The van der Waals surface area contributed by atoms with Crippen molar-refractivity contribution in [2.75, 3.05) is 5.73 Å². The van der Waals surface area contributed by atoms with E-state index < -0.39 is 0 Å². The van der Waals surface area contributed by atoms with Gasteiger partial charge in [-0.15, -0.1) is 11.3 Å². The minimum Gasteiger partial charge on any atom is -0.508 e. The smallest absolute Gasteiger partial charge is 0.261 e. The maximum absolute atomic E-state index is 11.9. The lowest BCUT2D eigenvalue weighted by molar-refractivity contribution is 0.0955. The molecule has 4 nitrogen and oxygen atoms in total. The lowest BCUT2D eigenvalue weighted by atomic mass is 10.2. The first-order valence-corrected chi connectivity index (χ1v) is 7.68. The molecule has 0 spiro atoms. The number of amides is 1. The van der Waals surface area contributed by atoms with Gasteiger partial charge in [0, 0.05) is 22.3 Å². The highest BCUT2D eigenvalue weighted by Gasteiger charge is 2.12. The third kappa shape index (κ3) is 3.49. The molecule has 2 aromatic rings. The molecule has 1 aromatic heterocycles. The van der Waals surface area contributed by atoms with Crippen LogP contribution in [-0.4, -0.2) is 11.0 Å². The number of hydrogen-bond donors (Lipinski definition) is 3. The number of aromatic hydroxyl groups is 1. The molecule has 0 fully saturated rings. The molecule has 0 unspecified atom stereocenters. The highest BCUT2D eigenvalue weighted by atomic mass is 79.9. The number of thiophene rings is 1. The molecule has 0 atom stereocenters. The van der Waals surface area contributed by atoms with Gasteiger partial charge in [0.15, 0.2) is 0 Å². The lowest BCUT2D eigenvalue weighted by Gasteiger charge is -2.07. The third-order valence-corrected chi connectivity index (χ3v) is 5.67. The van der Waals surface area contributed by atoms with E-state index in [1.54, 1.807) is 18.2 Å². The zero-order chi connectivity index (χ0) is 14.0. The zero-order valence-corrected chi connectivity index (χ0v) is 13.6. The maximum atomic E-state index is 11.9. The molecule has 0 saturated carbocycles. The summed E-state index contributed by atoms with van der Waals surface area (Å²) in [5.74, 6) is -0.0822. The molecule has 2 rings (SSSR count). The van der Waals surface area contributed by atoms with Crippen molar-refractivity contribution in [1.82, 2.24) is 5.32 Å². The first-order chi connectivity index (χ1) is 8.97. The van der Waals surface area contributed by atoms with Gasteiger partial charge >= 0.3 is 0 Å². The average molecular weight is 406 g/mol. The van der Waals surface area contributed by atoms with Crippen LogP contribution < -0.4 is 11.1 Å². The number of phenolic OH excluding ortho intramolecular Hbond substituents is 1. The molecule has 7 heteroatoms. The highest BCUT2D eigenvalue weighted by Crippen LogP contribution is 2.32. The number of phenols is 1. The second-order valence-corrected chi connectivity index (χ2v) is 7.03. The summed E-state index contributed by atoms with van der Waals surface area (Å²) >= 11 is 8.00. The minimum absolute atomic E-state index is 0.114. The molecule has 0 bridgehead atoms. The van der Waals surface area contributed by atoms with Crippen LogP contribution in [-0.2, 0) is 6.54 Å². The van der Waals surface area contributed by atoms with Gasteiger partial charge in [-0.2, -0.15) is 0 Å². The molecule has 4 N–H and O–H groups in total. The summed E-state index contributed by atoms with van der Waals surface area (Å²) in [6.07, 6.45) is 0. The molecular formula is C12H10Br2N2O2S. The Morgan fingerprint density at radius 3 is 2.74 bits per heavy atom. The van der Waals surface area contributed by atoms with E-state index >= 15 is 0 Å². The second kappa shape index (κ2) is 5.94. The van der Waals surface area contributed by atoms with E-state index in [9.17, 15) is 9.90 Å². The van der Waals surface area contributed by atoms with Crippen molar-refractivity contribution in [1.29, 1.82) is 0 Å². The predicted molar refractivity (Wildman–Crippen MR) is 83.4 cm³/mol. The van der Waals surface area contributed by atoms with Crippen molar-refractivity contribution in [2.24, 2.45) is 0 Å². The van der Waals surface area contributed by atoms with Gasteiger partial charge in [-0.25, -0.2) is 0 Å². The van der Waals surface area contributed by atoms with Crippen LogP contribution in [0.3, 0.4) is 0 Å². The zero-order valence-electron chi connectivity index (χ0n) is 9.61. The number of benzene rings is 1. The Balaban J connectivity index is 2.06. The van der Waals surface area contributed by atoms with Crippen molar-refractivity contribution in [3.05, 3.63) is 43.0 Å². The van der Waals surface area contributed by atoms with Crippen molar-refractivity contribution in [2.45, 2.75) is 6.54 Å². The van der Waals surface area contributed by atoms with Gasteiger partial charge in [0.05, 0.1) is 8.66 Å². The number of nitrogens with two attached hydrogens (primary N) is 1. The van der Waals surface area contributed by atoms with E-state index in [4.69, 9.17) is 5.73 Å². The van der Waals surface area contributed by atoms with Crippen LogP contribution in [0.4, 0.5) is 5.69 Å². The third-order valence-electron chi connectivity index (χ3n) is 2.41. The van der Waals surface area contributed by atoms with E-state index in [-0.39, 0.29) is 18.2 Å². The van der Waals surface area contributed by atoms with E-state index in [0.29, 0.717) is 16.1 Å². The van der Waals surface area contributed by atoms with Crippen molar-refractivity contribution in [3.63, 3.8) is 0 Å². The molecule has 100 valence electrons. The van der Waals surface area contributed by atoms with Crippen molar-refractivity contribution >= 4 is 54.8 Å². The number of carbonyl (C=O) groups is 1. The van der Waals surface area contributed by atoms with Gasteiger partial charge < -0.3 is 16.2 Å². The molecule has 1 heterocycles. The topological polar surface area (TPSA) is 75.3 Å². The molecule has 0 radical (unpaired) electrons. The number of nitrogens with one attached hydrogen (secondary N) is 1. The van der Waals surface area contributed by atoms with Crippen LogP contribution >= 0.6 is 43.2 Å². The van der Waals surface area contributed by atoms with Gasteiger partial charge in [0.1, 0.15) is 5.75 Å². The first-order valence-electron chi connectivity index (χ1n) is 5.28. The van der Waals surface area contributed by atoms with Crippen LogP contribution in [0.2, 0.25) is 0 Å². The normalized spacial score (nSPS) is 10.4. The Morgan fingerprint density at radius 1 is 1.37 bits per heavy atom. The van der Waals surface area contributed by atoms with Crippen LogP contribution in [0.25, 0.3) is 0 Å². The Bertz CT molecular complexity index is 609. The molecule has 0 aliphatic carbocycles. The molecule has 0 aliphatic rings. The number of nitrogen functional groups attached to an aromatic ring is 1. The SMILES string of the molecule is Nc1ccc(O)c(CNC(=O)c2cc(Br)c(Br)s2)c1. The number of carbonyl (C=O) groups excluding carboxylic acids is 1. The summed E-state index contributed by atoms with van der Waals surface area (Å²) in [6.45, 7) is 0.225. The van der Waals surface area contributed by atoms with Crippen molar-refractivity contribution < 1.29 is 9.90 Å². The quantitative estimate of drug-likeness (QED) is 0.540. The molecule has 1 amide bonds. The average Bonchev–Trinajstić information content (AvgIpc) is 2.70. The standard InChI is InChI=1S/C12H10Br2N2O2S/c13-8-4-10(19-11(8)14)12(18)16-5-6-3-7(15)1-2-9(6)17/h1-4,17H,5,15H2,(H,16,18). The number of hydrogen-bond acceptors (Lipinski definition) is 4. The van der Waals surface area contributed by atoms with E-state index in [2.05, 4.69) is 37.2 Å². The fourth-order valence-electron chi connectivity index (χ4n) is 1.47. The molecule has 19 heavy (non-hydrogen) atoms. The molecule has 1 aromatic carbocycles. The Labute approximate surface area is 130 Å². The summed E-state index contributed by atoms with van der Waals surface area (Å²) in [7, 11) is 0. The Hall–Kier alpha value is -1.05. The van der Waals surface area contributed by atoms with E-state index in [0.717, 1.165) is 8.26 Å². The van der Waals surface area contributed by atoms with E-state index in [1.807, 2.05) is 0 Å². The molecule has 0 aliphatic heterocycles. The van der Waals surface area contributed by atoms with Crippen molar-refractivity contribution in [3.8, 4) is 5.75 Å². The summed E-state index contributed by atoms with van der Waals surface area (Å²) in [4.78, 5) is 12.5. The first kappa shape index (κ1) is 14.4. The molecular weight excluding hydrogens is 396 g/mol. The summed E-state index contributed by atoms with van der Waals surface area (Å²) in [6, 6.07) is 6.49. The summed E-state index contributed by atoms with van der Waals surface area (Å²) in [5.41, 5.74) is 6.77. The maximum Gasteiger partial charge on any atom is 0.261 e. The molecule has 0 saturated heterocycles. The van der Waals surface area contributed by atoms with Gasteiger partial charge in [-0.05, 0) is 56.1 Å². The Kier molecular flexibility index (Phi) is 4.49. The van der Waals surface area contributed by atoms with Crippen LogP contribution in [0, 0.1) is 0 Å². The van der Waals surface area contributed by atoms with Gasteiger partial charge in [-0.3, -0.25) is 4.79 Å². The number of rotatable bonds is 3. The van der Waals surface area contributed by atoms with Crippen LogP contribution in [0.1, 0.15) is 15.2 Å². The van der Waals surface area contributed by atoms with E-state index in [1.165, 1.54) is 17.4 Å². The number of halogens is 2. The van der Waals surface area contributed by atoms with Gasteiger partial charge in [0.2, 0.25) is 0 Å². The lowest BCUT2D eigenvalue weighted by Crippen LogP contribution is -2.21. The van der Waals surface area contributed by atoms with Gasteiger partial charge in [-0.1, -0.05) is 0 Å². The summed E-state index contributed by atoms with van der Waals surface area (Å²) < 4.78 is 1.71. The number of anilines is 1. The second-order valence-electron chi connectivity index (χ2n) is 3.80. The minimum atomic E-state index is -0.196. The van der Waals surface area contributed by atoms with Crippen LogP contribution in [0.5, 0.6) is 5.75 Å². The Morgan fingerprint density at radius 2 is 2.11 bits per heavy atom. The van der Waals surface area contributed by atoms with Crippen LogP contribution in [0.15, 0.2) is 32.5 Å². The van der Waals surface area contributed by atoms with Gasteiger partial charge in [0.25, 0.3) is 5.91 Å².